The second kappa shape index (κ2) is 48.5. The smallest absolute Gasteiger partial charge is 0.391 e. The quantitative estimate of drug-likeness (QED) is 0.0243. The van der Waals surface area contributed by atoms with Crippen LogP contribution in [0.15, 0.2) is 48.6 Å². The predicted molar refractivity (Wildman–Crippen MR) is 286 cm³/mol. The molecule has 3 N–H and O–H groups in total. The Bertz CT molecular complexity index is 1210. The number of carbonyl (C=O) groups excluding carboxylic acids is 1. The minimum Gasteiger partial charge on any atom is -0.391 e. The molecule has 0 saturated heterocycles. The highest BCUT2D eigenvalue weighted by atomic mass is 31.2. The zero-order chi connectivity index (χ0) is 48.5. The summed E-state index contributed by atoms with van der Waals surface area (Å²) in [6, 6.07) is -0.761. The summed E-state index contributed by atoms with van der Waals surface area (Å²) in [4.78, 5) is 23.3. The summed E-state index contributed by atoms with van der Waals surface area (Å²) in [5, 5.41) is 14.1. The number of nitrogens with one attached hydrogen (secondary N) is 1. The van der Waals surface area contributed by atoms with E-state index in [1.54, 1.807) is 0 Å². The molecule has 9 heteroatoms. The van der Waals surface area contributed by atoms with Crippen LogP contribution < -0.4 is 5.32 Å². The number of aliphatic hydroxyl groups is 1. The molecule has 0 aromatic heterocycles. The van der Waals surface area contributed by atoms with E-state index >= 15 is 0 Å². The molecule has 0 aromatic rings. The largest absolute Gasteiger partial charge is 0.472 e. The highest BCUT2D eigenvalue weighted by Crippen LogP contribution is 2.43. The number of aliphatic hydroxyl groups excluding tert-OH is 1. The molecule has 0 heterocycles. The third kappa shape index (κ3) is 50.3. The Morgan fingerprint density at radius 3 is 1.33 bits per heavy atom. The van der Waals surface area contributed by atoms with Gasteiger partial charge in [-0.1, -0.05) is 249 Å². The van der Waals surface area contributed by atoms with Gasteiger partial charge in [0.25, 0.3) is 0 Å². The number of rotatable bonds is 51. The van der Waals surface area contributed by atoms with E-state index in [1.807, 2.05) is 21.1 Å². The van der Waals surface area contributed by atoms with Crippen molar-refractivity contribution >= 4 is 13.7 Å². The minimum atomic E-state index is -4.32. The summed E-state index contributed by atoms with van der Waals surface area (Å²) in [5.74, 6) is -0.144. The van der Waals surface area contributed by atoms with Crippen molar-refractivity contribution in [2.75, 3.05) is 40.9 Å². The normalized spacial score (nSPS) is 14.3. The van der Waals surface area contributed by atoms with Gasteiger partial charge in [0.15, 0.2) is 0 Å². The van der Waals surface area contributed by atoms with Crippen molar-refractivity contribution in [3.63, 3.8) is 0 Å². The lowest BCUT2D eigenvalue weighted by molar-refractivity contribution is -0.870. The molecule has 0 aromatic carbocycles. The first-order valence-electron chi connectivity index (χ1n) is 28.0. The van der Waals surface area contributed by atoms with Crippen molar-refractivity contribution in [1.82, 2.24) is 5.32 Å². The molecule has 388 valence electrons. The molecule has 0 bridgehead atoms. The second-order valence-electron chi connectivity index (χ2n) is 20.3. The lowest BCUT2D eigenvalue weighted by Crippen LogP contribution is -2.46. The van der Waals surface area contributed by atoms with E-state index in [2.05, 4.69) is 67.8 Å². The summed E-state index contributed by atoms with van der Waals surface area (Å²) >= 11 is 0. The summed E-state index contributed by atoms with van der Waals surface area (Å²) in [7, 11) is 1.62. The van der Waals surface area contributed by atoms with Crippen LogP contribution in [0.2, 0.25) is 0 Å². The minimum absolute atomic E-state index is 0.0745. The Hall–Kier alpha value is -1.54. The lowest BCUT2D eigenvalue weighted by Gasteiger charge is -2.26. The summed E-state index contributed by atoms with van der Waals surface area (Å²) in [5.41, 5.74) is 0. The number of hydrogen-bond donors (Lipinski definition) is 3. The van der Waals surface area contributed by atoms with Gasteiger partial charge in [-0.25, -0.2) is 4.57 Å². The number of phosphoric ester groups is 1. The third-order valence-electron chi connectivity index (χ3n) is 12.6. The first-order valence-corrected chi connectivity index (χ1v) is 29.5. The Balaban J connectivity index is 4.14. The van der Waals surface area contributed by atoms with Crippen LogP contribution in [0.3, 0.4) is 0 Å². The van der Waals surface area contributed by atoms with Crippen LogP contribution in [0.4, 0.5) is 0 Å². The molecule has 0 spiro atoms. The van der Waals surface area contributed by atoms with Crippen LogP contribution >= 0.6 is 7.82 Å². The summed E-state index contributed by atoms with van der Waals surface area (Å²) < 4.78 is 23.8. The van der Waals surface area contributed by atoms with Gasteiger partial charge in [0.2, 0.25) is 5.91 Å². The van der Waals surface area contributed by atoms with Gasteiger partial charge in [0, 0.05) is 6.42 Å². The number of likely N-dealkylation sites (N-methyl/N-ethyl adjacent to an activating group) is 1. The zero-order valence-corrected chi connectivity index (χ0v) is 45.1. The third-order valence-corrected chi connectivity index (χ3v) is 13.6. The number of amides is 1. The molecule has 0 aliphatic rings. The maximum Gasteiger partial charge on any atom is 0.472 e. The van der Waals surface area contributed by atoms with Gasteiger partial charge in [-0.15, -0.1) is 0 Å². The van der Waals surface area contributed by atoms with Crippen molar-refractivity contribution < 1.29 is 32.9 Å². The molecule has 3 unspecified atom stereocenters. The Morgan fingerprint density at radius 2 is 0.909 bits per heavy atom. The molecular weight excluding hydrogens is 840 g/mol. The standard InChI is InChI=1S/C57H109N2O6P/c1-6-8-10-12-14-16-18-20-22-24-25-26-27-28-29-30-31-32-33-35-37-39-41-43-45-47-49-51-57(61)58-55(54-65-66(62,63)64-53-52-59(3,4)5)56(60)50-48-46-44-42-40-38-36-34-23-21-19-17-15-13-11-9-7-2/h8,10,14,16,20,22,25-26,55-56,60H,6-7,9,11-13,15,17-19,21,23-24,27-54H2,1-5H3,(H-,58,61,62,63)/p+1/b10-8-,16-14-,22-20-,26-25-. The first kappa shape index (κ1) is 64.5. The summed E-state index contributed by atoms with van der Waals surface area (Å²) in [6.45, 7) is 4.80. The topological polar surface area (TPSA) is 105 Å². The van der Waals surface area contributed by atoms with E-state index in [9.17, 15) is 19.4 Å². The van der Waals surface area contributed by atoms with Crippen LogP contribution in [0.1, 0.15) is 258 Å². The van der Waals surface area contributed by atoms with Crippen LogP contribution in [0.25, 0.3) is 0 Å². The monoisotopic (exact) mass is 950 g/mol. The maximum atomic E-state index is 13.0. The highest BCUT2D eigenvalue weighted by Gasteiger charge is 2.28. The fraction of sp³-hybridized carbons (Fsp3) is 0.842. The van der Waals surface area contributed by atoms with Crippen molar-refractivity contribution in [3.05, 3.63) is 48.6 Å². The van der Waals surface area contributed by atoms with Crippen molar-refractivity contribution in [2.24, 2.45) is 0 Å². The van der Waals surface area contributed by atoms with Gasteiger partial charge in [-0.05, 0) is 51.4 Å². The van der Waals surface area contributed by atoms with Gasteiger partial charge < -0.3 is 19.8 Å². The van der Waals surface area contributed by atoms with E-state index < -0.39 is 20.0 Å². The molecule has 0 saturated carbocycles. The fourth-order valence-electron chi connectivity index (χ4n) is 8.22. The average Bonchev–Trinajstić information content (AvgIpc) is 3.28. The number of unbranched alkanes of at least 4 members (excludes halogenated alkanes) is 30. The van der Waals surface area contributed by atoms with E-state index in [0.29, 0.717) is 23.9 Å². The first-order chi connectivity index (χ1) is 32.0. The van der Waals surface area contributed by atoms with Gasteiger partial charge in [0.05, 0.1) is 39.9 Å². The number of phosphoric acid groups is 1. The maximum absolute atomic E-state index is 13.0. The molecule has 0 fully saturated rings. The van der Waals surface area contributed by atoms with E-state index in [-0.39, 0.29) is 19.1 Å². The van der Waals surface area contributed by atoms with E-state index in [1.165, 1.54) is 167 Å². The molecule has 0 rings (SSSR count). The van der Waals surface area contributed by atoms with Gasteiger partial charge in [-0.2, -0.15) is 0 Å². The Morgan fingerprint density at radius 1 is 0.530 bits per heavy atom. The van der Waals surface area contributed by atoms with Crippen LogP contribution in [0, 0.1) is 0 Å². The molecule has 8 nitrogen and oxygen atoms in total. The van der Waals surface area contributed by atoms with Crippen molar-refractivity contribution in [1.29, 1.82) is 0 Å². The molecule has 0 aliphatic carbocycles. The van der Waals surface area contributed by atoms with E-state index in [0.717, 1.165) is 64.2 Å². The average molecular weight is 950 g/mol. The molecule has 3 atom stereocenters. The number of hydrogen-bond acceptors (Lipinski definition) is 5. The molecule has 0 aliphatic heterocycles. The predicted octanol–water partition coefficient (Wildman–Crippen LogP) is 16.8. The number of nitrogens with zero attached hydrogens (tertiary/aromatic N) is 1. The SMILES string of the molecule is CC/C=C\C/C=C\C/C=C\C/C=C\CCCCCCCCCCCCCCCCC(=O)NC(COP(=O)(O)OCC[N+](C)(C)C)C(O)CCCCCCCCCCCCCCCCCCC. The number of carbonyl (C=O) groups is 1. The van der Waals surface area contributed by atoms with Gasteiger partial charge in [-0.3, -0.25) is 13.8 Å². The fourth-order valence-corrected chi connectivity index (χ4v) is 8.95. The lowest BCUT2D eigenvalue weighted by atomic mass is 10.0. The van der Waals surface area contributed by atoms with Crippen LogP contribution in [-0.4, -0.2) is 73.4 Å². The van der Waals surface area contributed by atoms with Crippen LogP contribution in [0.5, 0.6) is 0 Å². The molecular formula is C57H110N2O6P+. The molecule has 66 heavy (non-hydrogen) atoms. The Labute approximate surface area is 409 Å². The van der Waals surface area contributed by atoms with E-state index in [4.69, 9.17) is 9.05 Å². The zero-order valence-electron chi connectivity index (χ0n) is 44.2. The van der Waals surface area contributed by atoms with Gasteiger partial charge in [0.1, 0.15) is 13.2 Å². The highest BCUT2D eigenvalue weighted by molar-refractivity contribution is 7.47. The second-order valence-corrected chi connectivity index (χ2v) is 21.7. The Kier molecular flexibility index (Phi) is 47.4. The van der Waals surface area contributed by atoms with Crippen molar-refractivity contribution in [2.45, 2.75) is 270 Å². The molecule has 0 radical (unpaired) electrons. The molecule has 1 amide bonds. The van der Waals surface area contributed by atoms with Crippen molar-refractivity contribution in [3.8, 4) is 0 Å². The number of allylic oxidation sites excluding steroid dienone is 8. The number of quaternary nitrogens is 1. The summed E-state index contributed by atoms with van der Waals surface area (Å²) in [6.07, 6.45) is 63.0. The van der Waals surface area contributed by atoms with Gasteiger partial charge >= 0.3 is 7.82 Å². The van der Waals surface area contributed by atoms with Crippen LogP contribution in [-0.2, 0) is 18.4 Å².